The van der Waals surface area contributed by atoms with Gasteiger partial charge in [0.25, 0.3) is 5.89 Å². The average Bonchev–Trinajstić information content (AvgIpc) is 3.34. The van der Waals surface area contributed by atoms with Gasteiger partial charge >= 0.3 is 0 Å². The minimum Gasteiger partial charge on any atom is -0.381 e. The van der Waals surface area contributed by atoms with Crippen molar-refractivity contribution in [1.82, 2.24) is 19.6 Å². The number of methoxy groups -OCH3 is 1. The van der Waals surface area contributed by atoms with Gasteiger partial charge in [0.15, 0.2) is 5.82 Å². The second-order valence-corrected chi connectivity index (χ2v) is 7.43. The number of nitrogens with zero attached hydrogens (tertiary/aromatic N) is 4. The molecule has 0 aliphatic carbocycles. The predicted octanol–water partition coefficient (Wildman–Crippen LogP) is 2.44. The van der Waals surface area contributed by atoms with Gasteiger partial charge in [0, 0.05) is 64.8 Å². The van der Waals surface area contributed by atoms with E-state index in [9.17, 15) is 0 Å². The smallest absolute Gasteiger partial charge is 0.258 e. The Kier molecular flexibility index (Phi) is 5.11. The molecule has 2 aliphatic rings. The van der Waals surface area contributed by atoms with Crippen molar-refractivity contribution in [1.29, 1.82) is 0 Å². The average molecular weight is 360 g/mol. The zero-order valence-electron chi connectivity index (χ0n) is 15.7. The van der Waals surface area contributed by atoms with Crippen LogP contribution < -0.4 is 0 Å². The number of aromatic nitrogens is 3. The first-order chi connectivity index (χ1) is 12.7. The highest BCUT2D eigenvalue weighted by Crippen LogP contribution is 2.37. The molecule has 2 saturated heterocycles. The highest BCUT2D eigenvalue weighted by Gasteiger charge is 2.42. The summed E-state index contributed by atoms with van der Waals surface area (Å²) in [6.07, 6.45) is 5.74. The molecule has 0 N–H and O–H groups in total. The van der Waals surface area contributed by atoms with Crippen molar-refractivity contribution in [3.8, 4) is 0 Å². The molecule has 0 radical (unpaired) electrons. The molecule has 142 valence electrons. The Hall–Kier alpha value is -1.70. The lowest BCUT2D eigenvalue weighted by Gasteiger charge is -2.38. The zero-order valence-corrected chi connectivity index (χ0v) is 15.7. The Morgan fingerprint density at radius 2 is 2.04 bits per heavy atom. The van der Waals surface area contributed by atoms with Crippen molar-refractivity contribution < 1.29 is 14.0 Å². The second-order valence-electron chi connectivity index (χ2n) is 7.43. The van der Waals surface area contributed by atoms with Crippen LogP contribution in [0.4, 0.5) is 0 Å². The minimum absolute atomic E-state index is 0.340. The number of hydrogen-bond acceptors (Lipinski definition) is 6. The van der Waals surface area contributed by atoms with Gasteiger partial charge in [0.2, 0.25) is 0 Å². The molecule has 2 aromatic heterocycles. The Labute approximate surface area is 154 Å². The topological polar surface area (TPSA) is 65.6 Å². The molecule has 7 nitrogen and oxygen atoms in total. The molecule has 4 heterocycles. The number of likely N-dealkylation sites (tertiary alicyclic amines) is 1. The van der Waals surface area contributed by atoms with Gasteiger partial charge < -0.3 is 18.6 Å². The third-order valence-electron chi connectivity index (χ3n) is 5.91. The van der Waals surface area contributed by atoms with E-state index in [1.807, 2.05) is 0 Å². The van der Waals surface area contributed by atoms with Gasteiger partial charge in [-0.05, 0) is 37.8 Å². The van der Waals surface area contributed by atoms with Gasteiger partial charge in [-0.1, -0.05) is 5.16 Å². The molecule has 2 fully saturated rings. The van der Waals surface area contributed by atoms with Gasteiger partial charge in [0.1, 0.15) is 5.60 Å². The summed E-state index contributed by atoms with van der Waals surface area (Å²) >= 11 is 0. The summed E-state index contributed by atoms with van der Waals surface area (Å²) in [5.74, 6) is 1.79. The molecule has 2 aliphatic heterocycles. The van der Waals surface area contributed by atoms with E-state index < -0.39 is 5.60 Å². The Morgan fingerprint density at radius 3 is 2.69 bits per heavy atom. The molecule has 0 spiro atoms. The van der Waals surface area contributed by atoms with Gasteiger partial charge in [-0.15, -0.1) is 0 Å². The number of ether oxygens (including phenoxy) is 2. The number of aryl methyl sites for hydroxylation is 1. The molecule has 26 heavy (non-hydrogen) atoms. The van der Waals surface area contributed by atoms with Crippen LogP contribution in [-0.4, -0.2) is 53.0 Å². The quantitative estimate of drug-likeness (QED) is 0.816. The van der Waals surface area contributed by atoms with Crippen molar-refractivity contribution >= 4 is 0 Å². The summed E-state index contributed by atoms with van der Waals surface area (Å²) in [7, 11) is 3.85. The molecule has 0 atom stereocenters. The largest absolute Gasteiger partial charge is 0.381 e. The fourth-order valence-corrected chi connectivity index (χ4v) is 4.01. The molecule has 0 bridgehead atoms. The summed E-state index contributed by atoms with van der Waals surface area (Å²) in [6, 6.07) is 4.27. The first-order valence-electron chi connectivity index (χ1n) is 9.50. The van der Waals surface area contributed by atoms with Gasteiger partial charge in [-0.2, -0.15) is 4.98 Å². The van der Waals surface area contributed by atoms with E-state index in [0.29, 0.717) is 11.8 Å². The molecule has 2 aromatic rings. The Bertz CT molecular complexity index is 712. The van der Waals surface area contributed by atoms with Crippen LogP contribution in [-0.2, 0) is 28.7 Å². The fraction of sp³-hybridized carbons (Fsp3) is 0.684. The monoisotopic (exact) mass is 360 g/mol. The highest BCUT2D eigenvalue weighted by molar-refractivity contribution is 5.09. The molecular weight excluding hydrogens is 332 g/mol. The normalized spacial score (nSPS) is 21.9. The number of piperidine rings is 1. The van der Waals surface area contributed by atoms with Crippen LogP contribution in [0.1, 0.15) is 49.0 Å². The maximum Gasteiger partial charge on any atom is 0.258 e. The van der Waals surface area contributed by atoms with Crippen molar-refractivity contribution in [2.75, 3.05) is 33.4 Å². The molecule has 0 amide bonds. The zero-order chi connectivity index (χ0) is 18.0. The van der Waals surface area contributed by atoms with Crippen LogP contribution >= 0.6 is 0 Å². The van der Waals surface area contributed by atoms with Gasteiger partial charge in [0.05, 0.1) is 0 Å². The van der Waals surface area contributed by atoms with E-state index in [2.05, 4.69) is 40.0 Å². The molecule has 0 unspecified atom stereocenters. The standard InChI is InChI=1S/C19H28N4O3/c1-22-9-3-4-16(22)14-23-10-7-19(24-2,8-11-23)18-20-17(21-26-18)15-5-12-25-13-6-15/h3-4,9,15H,5-8,10-14H2,1-2H3. The van der Waals surface area contributed by atoms with Crippen LogP contribution in [0.15, 0.2) is 22.9 Å². The van der Waals surface area contributed by atoms with Crippen LogP contribution in [0, 0.1) is 0 Å². The molecule has 0 aromatic carbocycles. The summed E-state index contributed by atoms with van der Waals surface area (Å²) < 4.78 is 19.2. The molecule has 7 heteroatoms. The lowest BCUT2D eigenvalue weighted by molar-refractivity contribution is -0.0840. The molecule has 0 saturated carbocycles. The van der Waals surface area contributed by atoms with Crippen LogP contribution in [0.25, 0.3) is 0 Å². The van der Waals surface area contributed by atoms with Gasteiger partial charge in [-0.25, -0.2) is 0 Å². The van der Waals surface area contributed by atoms with E-state index >= 15 is 0 Å². The number of rotatable bonds is 5. The van der Waals surface area contributed by atoms with Crippen molar-refractivity contribution in [2.24, 2.45) is 7.05 Å². The third kappa shape index (κ3) is 3.43. The maximum atomic E-state index is 5.92. The fourth-order valence-electron chi connectivity index (χ4n) is 4.01. The van der Waals surface area contributed by atoms with E-state index in [4.69, 9.17) is 19.0 Å². The van der Waals surface area contributed by atoms with E-state index in [0.717, 1.165) is 64.4 Å². The van der Waals surface area contributed by atoms with Crippen LogP contribution in [0.3, 0.4) is 0 Å². The minimum atomic E-state index is -0.457. The van der Waals surface area contributed by atoms with Crippen molar-refractivity contribution in [3.63, 3.8) is 0 Å². The highest BCUT2D eigenvalue weighted by atomic mass is 16.5. The predicted molar refractivity (Wildman–Crippen MR) is 95.7 cm³/mol. The summed E-state index contributed by atoms with van der Waals surface area (Å²) in [6.45, 7) is 4.42. The third-order valence-corrected chi connectivity index (χ3v) is 5.91. The van der Waals surface area contributed by atoms with Crippen LogP contribution in [0.2, 0.25) is 0 Å². The number of hydrogen-bond donors (Lipinski definition) is 0. The molecule has 4 rings (SSSR count). The SMILES string of the molecule is COC1(c2nc(C3CCOCC3)no2)CCN(Cc2cccn2C)CC1. The second kappa shape index (κ2) is 7.50. The Morgan fingerprint density at radius 1 is 1.27 bits per heavy atom. The van der Waals surface area contributed by atoms with E-state index in [1.165, 1.54) is 5.69 Å². The summed E-state index contributed by atoms with van der Waals surface area (Å²) in [5, 5.41) is 4.26. The maximum absolute atomic E-state index is 5.92. The van der Waals surface area contributed by atoms with E-state index in [1.54, 1.807) is 7.11 Å². The Balaban J connectivity index is 1.42. The van der Waals surface area contributed by atoms with Crippen molar-refractivity contribution in [3.05, 3.63) is 35.7 Å². The lowest BCUT2D eigenvalue weighted by Crippen LogP contribution is -2.43. The lowest BCUT2D eigenvalue weighted by atomic mass is 9.90. The van der Waals surface area contributed by atoms with Crippen molar-refractivity contribution in [2.45, 2.75) is 43.7 Å². The first kappa shape index (κ1) is 17.7. The van der Waals surface area contributed by atoms with Crippen LogP contribution in [0.5, 0.6) is 0 Å². The van der Waals surface area contributed by atoms with Gasteiger partial charge in [-0.3, -0.25) is 4.90 Å². The van der Waals surface area contributed by atoms with E-state index in [-0.39, 0.29) is 0 Å². The summed E-state index contributed by atoms with van der Waals surface area (Å²) in [5.41, 5.74) is 0.871. The summed E-state index contributed by atoms with van der Waals surface area (Å²) in [4.78, 5) is 7.20. The first-order valence-corrected chi connectivity index (χ1v) is 9.50. The molecular formula is C19H28N4O3.